The highest BCUT2D eigenvalue weighted by Gasteiger charge is 2.06. The molecule has 6 heteroatoms. The third-order valence-corrected chi connectivity index (χ3v) is 2.95. The molecule has 0 fully saturated rings. The molecular weight excluding hydrogens is 288 g/mol. The number of nitrogens with two attached hydrogens (primary N) is 1. The number of nitrogens with one attached hydrogen (secondary N) is 1. The maximum absolute atomic E-state index is 11.8. The average molecular weight is 310 g/mol. The fourth-order valence-electron chi connectivity index (χ4n) is 1.66. The second kappa shape index (κ2) is 9.44. The van der Waals surface area contributed by atoms with Gasteiger partial charge in [0.05, 0.1) is 25.7 Å². The lowest BCUT2D eigenvalue weighted by atomic mass is 10.2. The fourth-order valence-corrected chi connectivity index (χ4v) is 1.79. The van der Waals surface area contributed by atoms with E-state index >= 15 is 0 Å². The first-order valence-corrected chi connectivity index (χ1v) is 7.32. The van der Waals surface area contributed by atoms with Crippen LogP contribution in [0.5, 0.6) is 0 Å². The van der Waals surface area contributed by atoms with Gasteiger partial charge in [0.15, 0.2) is 0 Å². The summed E-state index contributed by atoms with van der Waals surface area (Å²) in [6, 6.07) is 7.14. The van der Waals surface area contributed by atoms with E-state index in [4.69, 9.17) is 27.4 Å². The molecule has 0 saturated carbocycles. The molecule has 0 radical (unpaired) electrons. The van der Waals surface area contributed by atoms with Gasteiger partial charge in [-0.15, -0.1) is 0 Å². The lowest BCUT2D eigenvalue weighted by Crippen LogP contribution is -2.20. The maximum Gasteiger partial charge on any atom is 0.226 e. The zero-order valence-electron chi connectivity index (χ0n) is 12.4. The van der Waals surface area contributed by atoms with Crippen molar-refractivity contribution in [2.75, 3.05) is 25.1 Å². The molecule has 21 heavy (non-hydrogen) atoms. The molecule has 0 heterocycles. The van der Waals surface area contributed by atoms with Gasteiger partial charge in [-0.3, -0.25) is 4.79 Å². The Morgan fingerprint density at radius 3 is 2.90 bits per heavy atom. The molecule has 3 N–H and O–H groups in total. The summed E-state index contributed by atoms with van der Waals surface area (Å²) in [7, 11) is 0. The lowest BCUT2D eigenvalue weighted by Gasteiger charge is -2.12. The van der Waals surface area contributed by atoms with E-state index in [9.17, 15) is 4.79 Å². The summed E-state index contributed by atoms with van der Waals surface area (Å²) in [6.07, 6.45) is 0.268. The van der Waals surface area contributed by atoms with Gasteiger partial charge in [-0.1, -0.05) is 24.4 Å². The third-order valence-electron chi connectivity index (χ3n) is 2.72. The van der Waals surface area contributed by atoms with Gasteiger partial charge in [0.2, 0.25) is 5.91 Å². The smallest absolute Gasteiger partial charge is 0.226 e. The van der Waals surface area contributed by atoms with Gasteiger partial charge in [0.1, 0.15) is 4.99 Å². The van der Waals surface area contributed by atoms with Crippen LogP contribution < -0.4 is 11.1 Å². The van der Waals surface area contributed by atoms with Gasteiger partial charge in [-0.25, -0.2) is 0 Å². The van der Waals surface area contributed by atoms with Crippen LogP contribution in [-0.4, -0.2) is 36.8 Å². The van der Waals surface area contributed by atoms with Crippen LogP contribution in [0.2, 0.25) is 0 Å². The van der Waals surface area contributed by atoms with Gasteiger partial charge in [0.25, 0.3) is 0 Å². The average Bonchev–Trinajstić information content (AvgIpc) is 2.45. The standard InChI is InChI=1S/C15H22N2O3S/c1-3-19-10-11(2)20-8-7-14(18)17-13-6-4-5-12(9-13)15(16)21/h4-6,9,11H,3,7-8,10H2,1-2H3,(H2,16,21)(H,17,18). The number of benzene rings is 1. The highest BCUT2D eigenvalue weighted by atomic mass is 32.1. The zero-order valence-corrected chi connectivity index (χ0v) is 13.2. The number of anilines is 1. The Kier molecular flexibility index (Phi) is 7.89. The van der Waals surface area contributed by atoms with E-state index in [1.807, 2.05) is 13.8 Å². The van der Waals surface area contributed by atoms with Crippen molar-refractivity contribution < 1.29 is 14.3 Å². The number of amides is 1. The molecule has 1 unspecified atom stereocenters. The normalized spacial score (nSPS) is 11.9. The van der Waals surface area contributed by atoms with Crippen LogP contribution in [0.15, 0.2) is 24.3 Å². The van der Waals surface area contributed by atoms with E-state index in [-0.39, 0.29) is 18.4 Å². The minimum atomic E-state index is -0.112. The predicted molar refractivity (Wildman–Crippen MR) is 87.5 cm³/mol. The summed E-state index contributed by atoms with van der Waals surface area (Å²) in [5.74, 6) is -0.112. The van der Waals surface area contributed by atoms with E-state index in [2.05, 4.69) is 5.32 Å². The van der Waals surface area contributed by atoms with Crippen molar-refractivity contribution in [2.45, 2.75) is 26.4 Å². The summed E-state index contributed by atoms with van der Waals surface area (Å²) in [6.45, 7) is 5.40. The molecule has 5 nitrogen and oxygen atoms in total. The first kappa shape index (κ1) is 17.6. The molecule has 1 amide bonds. The van der Waals surface area contributed by atoms with Gasteiger partial charge in [-0.05, 0) is 26.0 Å². The number of thiocarbonyl (C=S) groups is 1. The van der Waals surface area contributed by atoms with Crippen LogP contribution in [0.25, 0.3) is 0 Å². The Balaban J connectivity index is 2.33. The lowest BCUT2D eigenvalue weighted by molar-refractivity contribution is -0.118. The van der Waals surface area contributed by atoms with Crippen molar-refractivity contribution >= 4 is 28.8 Å². The highest BCUT2D eigenvalue weighted by Crippen LogP contribution is 2.11. The monoisotopic (exact) mass is 310 g/mol. The summed E-state index contributed by atoms with van der Waals surface area (Å²) in [4.78, 5) is 12.1. The Hall–Kier alpha value is -1.50. The van der Waals surface area contributed by atoms with E-state index in [0.717, 1.165) is 5.56 Å². The second-order valence-corrected chi connectivity index (χ2v) is 5.02. The summed E-state index contributed by atoms with van der Waals surface area (Å²) < 4.78 is 10.7. The number of hydrogen-bond acceptors (Lipinski definition) is 4. The van der Waals surface area contributed by atoms with E-state index < -0.39 is 0 Å². The Labute approximate surface area is 130 Å². The summed E-state index contributed by atoms with van der Waals surface area (Å²) >= 11 is 4.90. The fraction of sp³-hybridized carbons (Fsp3) is 0.467. The maximum atomic E-state index is 11.8. The molecule has 1 rings (SSSR count). The molecule has 0 aromatic heterocycles. The van der Waals surface area contributed by atoms with Crippen molar-refractivity contribution in [1.82, 2.24) is 0 Å². The van der Waals surface area contributed by atoms with E-state index in [1.165, 1.54) is 0 Å². The van der Waals surface area contributed by atoms with E-state index in [0.29, 0.717) is 30.5 Å². The largest absolute Gasteiger partial charge is 0.389 e. The molecule has 1 atom stereocenters. The Morgan fingerprint density at radius 2 is 2.24 bits per heavy atom. The molecule has 0 aliphatic rings. The number of ether oxygens (including phenoxy) is 2. The van der Waals surface area contributed by atoms with Crippen molar-refractivity contribution in [3.63, 3.8) is 0 Å². The van der Waals surface area contributed by atoms with Crippen LogP contribution in [-0.2, 0) is 14.3 Å². The quantitative estimate of drug-likeness (QED) is 0.683. The number of rotatable bonds is 9. The van der Waals surface area contributed by atoms with Crippen molar-refractivity contribution in [2.24, 2.45) is 5.73 Å². The first-order chi connectivity index (χ1) is 10.0. The Morgan fingerprint density at radius 1 is 1.48 bits per heavy atom. The van der Waals surface area contributed by atoms with Crippen LogP contribution in [0.1, 0.15) is 25.8 Å². The van der Waals surface area contributed by atoms with Crippen molar-refractivity contribution in [3.05, 3.63) is 29.8 Å². The number of carbonyl (C=O) groups excluding carboxylic acids is 1. The third kappa shape index (κ3) is 7.17. The minimum absolute atomic E-state index is 0.0179. The molecular formula is C15H22N2O3S. The first-order valence-electron chi connectivity index (χ1n) is 6.92. The van der Waals surface area contributed by atoms with Crippen molar-refractivity contribution in [1.29, 1.82) is 0 Å². The molecule has 116 valence electrons. The topological polar surface area (TPSA) is 73.6 Å². The van der Waals surface area contributed by atoms with E-state index in [1.54, 1.807) is 24.3 Å². The molecule has 0 saturated heterocycles. The summed E-state index contributed by atoms with van der Waals surface area (Å²) in [5.41, 5.74) is 6.95. The molecule has 1 aromatic rings. The van der Waals surface area contributed by atoms with Crippen molar-refractivity contribution in [3.8, 4) is 0 Å². The van der Waals surface area contributed by atoms with Crippen LogP contribution in [0.3, 0.4) is 0 Å². The predicted octanol–water partition coefficient (Wildman–Crippen LogP) is 2.09. The molecule has 0 spiro atoms. The Bertz CT molecular complexity index is 480. The van der Waals surface area contributed by atoms with Crippen LogP contribution >= 0.6 is 12.2 Å². The van der Waals surface area contributed by atoms with Gasteiger partial charge in [0, 0.05) is 17.9 Å². The molecule has 0 bridgehead atoms. The minimum Gasteiger partial charge on any atom is -0.389 e. The second-order valence-electron chi connectivity index (χ2n) is 4.58. The number of carbonyl (C=O) groups is 1. The molecule has 0 aliphatic carbocycles. The van der Waals surface area contributed by atoms with Crippen LogP contribution in [0, 0.1) is 0 Å². The highest BCUT2D eigenvalue weighted by molar-refractivity contribution is 7.80. The number of hydrogen-bond donors (Lipinski definition) is 2. The molecule has 0 aliphatic heterocycles. The van der Waals surface area contributed by atoms with Crippen LogP contribution in [0.4, 0.5) is 5.69 Å². The van der Waals surface area contributed by atoms with Gasteiger partial charge >= 0.3 is 0 Å². The van der Waals surface area contributed by atoms with Gasteiger partial charge < -0.3 is 20.5 Å². The summed E-state index contributed by atoms with van der Waals surface area (Å²) in [5, 5.41) is 2.79. The zero-order chi connectivity index (χ0) is 15.7. The molecule has 1 aromatic carbocycles. The van der Waals surface area contributed by atoms with Gasteiger partial charge in [-0.2, -0.15) is 0 Å². The SMILES string of the molecule is CCOCC(C)OCCC(=O)Nc1cccc(C(N)=S)c1.